The monoisotopic (exact) mass is 280 g/mol. The van der Waals surface area contributed by atoms with Crippen molar-refractivity contribution in [2.75, 3.05) is 0 Å². The number of benzene rings is 2. The fraction of sp³-hybridized carbons (Fsp3) is 0.200. The van der Waals surface area contributed by atoms with Gasteiger partial charge in [0.2, 0.25) is 0 Å². The summed E-state index contributed by atoms with van der Waals surface area (Å²) in [4.78, 5) is 0. The van der Waals surface area contributed by atoms with E-state index in [0.29, 0.717) is 5.02 Å². The molecule has 0 aliphatic carbocycles. The van der Waals surface area contributed by atoms with Crippen LogP contribution in [0.3, 0.4) is 0 Å². The van der Waals surface area contributed by atoms with Crippen LogP contribution in [0.4, 0.5) is 0 Å². The number of phenols is 1. The Labute approximate surface area is 117 Å². The molecule has 3 heteroatoms. The van der Waals surface area contributed by atoms with E-state index in [9.17, 15) is 5.11 Å². The van der Waals surface area contributed by atoms with Gasteiger partial charge in [0.05, 0.1) is 5.02 Å². The largest absolute Gasteiger partial charge is 0.506 e. The van der Waals surface area contributed by atoms with Crippen molar-refractivity contribution in [3.8, 4) is 5.75 Å². The molecule has 2 aromatic carbocycles. The predicted octanol–water partition coefficient (Wildman–Crippen LogP) is 5.02. The first-order valence-electron chi connectivity index (χ1n) is 5.66. The standard InChI is InChI=1S/C15H14Cl2O/c1-15(2,10-3-6-12(16)7-4-10)11-5-8-14(18)13(17)9-11/h3-9,18H,1-2H3. The van der Waals surface area contributed by atoms with Crippen LogP contribution in [-0.4, -0.2) is 5.11 Å². The number of aromatic hydroxyl groups is 1. The van der Waals surface area contributed by atoms with Gasteiger partial charge in [-0.1, -0.05) is 55.2 Å². The van der Waals surface area contributed by atoms with Crippen molar-refractivity contribution in [2.45, 2.75) is 19.3 Å². The summed E-state index contributed by atoms with van der Waals surface area (Å²) in [5, 5.41) is 10.6. The van der Waals surface area contributed by atoms with Crippen molar-refractivity contribution >= 4 is 23.2 Å². The molecule has 0 radical (unpaired) electrons. The molecule has 0 heterocycles. The molecular formula is C15H14Cl2O. The summed E-state index contributed by atoms with van der Waals surface area (Å²) in [6, 6.07) is 13.1. The van der Waals surface area contributed by atoms with Gasteiger partial charge in [-0.2, -0.15) is 0 Å². The maximum Gasteiger partial charge on any atom is 0.134 e. The van der Waals surface area contributed by atoms with Gasteiger partial charge in [0.15, 0.2) is 0 Å². The third kappa shape index (κ3) is 2.47. The highest BCUT2D eigenvalue weighted by Crippen LogP contribution is 2.35. The Morgan fingerprint density at radius 1 is 0.889 bits per heavy atom. The second kappa shape index (κ2) is 4.83. The zero-order chi connectivity index (χ0) is 13.3. The molecule has 2 aromatic rings. The van der Waals surface area contributed by atoms with E-state index >= 15 is 0 Å². The molecule has 0 fully saturated rings. The first-order chi connectivity index (χ1) is 8.41. The molecule has 0 spiro atoms. The van der Waals surface area contributed by atoms with Crippen molar-refractivity contribution < 1.29 is 5.11 Å². The first kappa shape index (κ1) is 13.3. The van der Waals surface area contributed by atoms with Gasteiger partial charge >= 0.3 is 0 Å². The fourth-order valence-electron chi connectivity index (χ4n) is 1.93. The van der Waals surface area contributed by atoms with Gasteiger partial charge in [0.25, 0.3) is 0 Å². The molecule has 0 aromatic heterocycles. The van der Waals surface area contributed by atoms with E-state index in [4.69, 9.17) is 23.2 Å². The van der Waals surface area contributed by atoms with E-state index < -0.39 is 0 Å². The van der Waals surface area contributed by atoms with Gasteiger partial charge in [-0.05, 0) is 35.4 Å². The van der Waals surface area contributed by atoms with E-state index in [1.165, 1.54) is 0 Å². The zero-order valence-corrected chi connectivity index (χ0v) is 11.8. The lowest BCUT2D eigenvalue weighted by molar-refractivity contribution is 0.474. The Hall–Kier alpha value is -1.18. The van der Waals surface area contributed by atoms with Gasteiger partial charge in [0, 0.05) is 10.4 Å². The smallest absolute Gasteiger partial charge is 0.134 e. The Morgan fingerprint density at radius 2 is 1.44 bits per heavy atom. The highest BCUT2D eigenvalue weighted by Gasteiger charge is 2.23. The number of rotatable bonds is 2. The number of halogens is 2. The minimum atomic E-state index is -0.193. The molecule has 1 nitrogen and oxygen atoms in total. The quantitative estimate of drug-likeness (QED) is 0.819. The highest BCUT2D eigenvalue weighted by atomic mass is 35.5. The summed E-state index contributed by atoms with van der Waals surface area (Å²) in [7, 11) is 0. The Kier molecular flexibility index (Phi) is 3.56. The molecular weight excluding hydrogens is 267 g/mol. The van der Waals surface area contributed by atoms with Crippen LogP contribution in [0.5, 0.6) is 5.75 Å². The van der Waals surface area contributed by atoms with Crippen molar-refractivity contribution in [1.29, 1.82) is 0 Å². The lowest BCUT2D eigenvalue weighted by atomic mass is 9.78. The molecule has 0 amide bonds. The molecule has 2 rings (SSSR count). The van der Waals surface area contributed by atoms with Gasteiger partial charge in [-0.3, -0.25) is 0 Å². The van der Waals surface area contributed by atoms with Crippen LogP contribution in [0.15, 0.2) is 42.5 Å². The average Bonchev–Trinajstić information content (AvgIpc) is 2.33. The number of hydrogen-bond donors (Lipinski definition) is 1. The van der Waals surface area contributed by atoms with E-state index in [1.807, 2.05) is 30.3 Å². The molecule has 0 aliphatic heterocycles. The van der Waals surface area contributed by atoms with E-state index in [0.717, 1.165) is 16.1 Å². The Balaban J connectivity index is 2.46. The van der Waals surface area contributed by atoms with E-state index in [-0.39, 0.29) is 11.2 Å². The molecule has 94 valence electrons. The average molecular weight is 281 g/mol. The maximum atomic E-state index is 9.47. The summed E-state index contributed by atoms with van der Waals surface area (Å²) in [6.07, 6.45) is 0. The number of phenolic OH excluding ortho intramolecular Hbond substituents is 1. The van der Waals surface area contributed by atoms with Crippen LogP contribution in [0.1, 0.15) is 25.0 Å². The van der Waals surface area contributed by atoms with Gasteiger partial charge in [0.1, 0.15) is 5.75 Å². The van der Waals surface area contributed by atoms with Gasteiger partial charge < -0.3 is 5.11 Å². The first-order valence-corrected chi connectivity index (χ1v) is 6.42. The van der Waals surface area contributed by atoms with Crippen LogP contribution in [0, 0.1) is 0 Å². The van der Waals surface area contributed by atoms with Gasteiger partial charge in [-0.15, -0.1) is 0 Å². The zero-order valence-electron chi connectivity index (χ0n) is 10.2. The molecule has 1 N–H and O–H groups in total. The Bertz CT molecular complexity index is 559. The summed E-state index contributed by atoms with van der Waals surface area (Å²) < 4.78 is 0. The SMILES string of the molecule is CC(C)(c1ccc(Cl)cc1)c1ccc(O)c(Cl)c1. The van der Waals surface area contributed by atoms with Crippen molar-refractivity contribution in [3.05, 3.63) is 63.6 Å². The minimum Gasteiger partial charge on any atom is -0.506 e. The molecule has 0 bridgehead atoms. The highest BCUT2D eigenvalue weighted by molar-refractivity contribution is 6.32. The summed E-state index contributed by atoms with van der Waals surface area (Å²) in [5.41, 5.74) is 2.00. The predicted molar refractivity (Wildman–Crippen MR) is 76.7 cm³/mol. The lowest BCUT2D eigenvalue weighted by Gasteiger charge is -2.26. The van der Waals surface area contributed by atoms with E-state index in [1.54, 1.807) is 12.1 Å². The van der Waals surface area contributed by atoms with Gasteiger partial charge in [-0.25, -0.2) is 0 Å². The second-order valence-electron chi connectivity index (χ2n) is 4.80. The molecule has 0 saturated carbocycles. The molecule has 0 aliphatic rings. The normalized spacial score (nSPS) is 11.6. The van der Waals surface area contributed by atoms with E-state index in [2.05, 4.69) is 13.8 Å². The molecule has 0 saturated heterocycles. The number of hydrogen-bond acceptors (Lipinski definition) is 1. The van der Waals surface area contributed by atoms with Crippen molar-refractivity contribution in [1.82, 2.24) is 0 Å². The van der Waals surface area contributed by atoms with Crippen LogP contribution in [0.25, 0.3) is 0 Å². The minimum absolute atomic E-state index is 0.104. The molecule has 0 unspecified atom stereocenters. The topological polar surface area (TPSA) is 20.2 Å². The molecule has 18 heavy (non-hydrogen) atoms. The van der Waals surface area contributed by atoms with Crippen LogP contribution < -0.4 is 0 Å². The van der Waals surface area contributed by atoms with Crippen molar-refractivity contribution in [3.63, 3.8) is 0 Å². The second-order valence-corrected chi connectivity index (χ2v) is 5.64. The van der Waals surface area contributed by atoms with Crippen LogP contribution in [0.2, 0.25) is 10.0 Å². The maximum absolute atomic E-state index is 9.47. The fourth-order valence-corrected chi connectivity index (χ4v) is 2.24. The molecule has 0 atom stereocenters. The van der Waals surface area contributed by atoms with Crippen LogP contribution >= 0.6 is 23.2 Å². The van der Waals surface area contributed by atoms with Crippen molar-refractivity contribution in [2.24, 2.45) is 0 Å². The Morgan fingerprint density at radius 3 is 2.00 bits per heavy atom. The summed E-state index contributed by atoms with van der Waals surface area (Å²) in [5.74, 6) is 0.104. The lowest BCUT2D eigenvalue weighted by Crippen LogP contribution is -2.18. The summed E-state index contributed by atoms with van der Waals surface area (Å²) >= 11 is 11.9. The third-order valence-corrected chi connectivity index (χ3v) is 3.79. The van der Waals surface area contributed by atoms with Crippen LogP contribution in [-0.2, 0) is 5.41 Å². The third-order valence-electron chi connectivity index (χ3n) is 3.24. The summed E-state index contributed by atoms with van der Waals surface area (Å²) in [6.45, 7) is 4.22.